The minimum absolute atomic E-state index is 0.232. The van der Waals surface area contributed by atoms with Gasteiger partial charge >= 0.3 is 5.97 Å². The van der Waals surface area contributed by atoms with Gasteiger partial charge in [0.1, 0.15) is 11.9 Å². The summed E-state index contributed by atoms with van der Waals surface area (Å²) < 4.78 is 15.9. The lowest BCUT2D eigenvalue weighted by molar-refractivity contribution is -0.000931. The van der Waals surface area contributed by atoms with Gasteiger partial charge in [0.2, 0.25) is 0 Å². The van der Waals surface area contributed by atoms with Crippen LogP contribution < -0.4 is 4.74 Å². The SMILES string of the molecule is COc1ccc(COCCC(CO)OC(=O)c2ccccc2)cc1. The van der Waals surface area contributed by atoms with E-state index in [1.807, 2.05) is 30.3 Å². The van der Waals surface area contributed by atoms with E-state index in [2.05, 4.69) is 0 Å². The molecule has 0 aliphatic heterocycles. The fourth-order valence-electron chi connectivity index (χ4n) is 2.11. The van der Waals surface area contributed by atoms with E-state index in [9.17, 15) is 9.90 Å². The van der Waals surface area contributed by atoms with Crippen LogP contribution in [0.1, 0.15) is 22.3 Å². The lowest BCUT2D eigenvalue weighted by Crippen LogP contribution is -2.23. The van der Waals surface area contributed by atoms with E-state index in [0.717, 1.165) is 11.3 Å². The summed E-state index contributed by atoms with van der Waals surface area (Å²) >= 11 is 0. The van der Waals surface area contributed by atoms with Gasteiger partial charge in [-0.2, -0.15) is 0 Å². The van der Waals surface area contributed by atoms with Gasteiger partial charge in [-0.15, -0.1) is 0 Å². The van der Waals surface area contributed by atoms with Crippen LogP contribution >= 0.6 is 0 Å². The molecule has 0 saturated carbocycles. The van der Waals surface area contributed by atoms with Crippen molar-refractivity contribution in [2.45, 2.75) is 19.1 Å². The van der Waals surface area contributed by atoms with Crippen LogP contribution in [-0.2, 0) is 16.1 Å². The number of aliphatic hydroxyl groups excluding tert-OH is 1. The highest BCUT2D eigenvalue weighted by Gasteiger charge is 2.15. The lowest BCUT2D eigenvalue weighted by atomic mass is 10.2. The van der Waals surface area contributed by atoms with Crippen molar-refractivity contribution in [2.75, 3.05) is 20.3 Å². The van der Waals surface area contributed by atoms with Crippen LogP contribution in [0.4, 0.5) is 0 Å². The number of benzene rings is 2. The third-order valence-electron chi connectivity index (χ3n) is 3.50. The summed E-state index contributed by atoms with van der Waals surface area (Å²) in [5.41, 5.74) is 1.49. The molecule has 0 amide bonds. The third kappa shape index (κ3) is 5.68. The summed E-state index contributed by atoms with van der Waals surface area (Å²) in [6.07, 6.45) is -0.140. The van der Waals surface area contributed by atoms with E-state index >= 15 is 0 Å². The smallest absolute Gasteiger partial charge is 0.338 e. The van der Waals surface area contributed by atoms with Gasteiger partial charge in [-0.1, -0.05) is 30.3 Å². The molecule has 0 fully saturated rings. The minimum Gasteiger partial charge on any atom is -0.497 e. The Hall–Kier alpha value is -2.37. The van der Waals surface area contributed by atoms with E-state index in [-0.39, 0.29) is 6.61 Å². The van der Waals surface area contributed by atoms with Gasteiger partial charge in [0, 0.05) is 6.42 Å². The van der Waals surface area contributed by atoms with Gasteiger partial charge in [0.25, 0.3) is 0 Å². The molecular weight excluding hydrogens is 308 g/mol. The molecule has 0 aliphatic rings. The van der Waals surface area contributed by atoms with Crippen molar-refractivity contribution < 1.29 is 24.1 Å². The normalized spacial score (nSPS) is 11.8. The van der Waals surface area contributed by atoms with E-state index in [4.69, 9.17) is 14.2 Å². The molecular formula is C19H22O5. The molecule has 128 valence electrons. The zero-order chi connectivity index (χ0) is 17.2. The lowest BCUT2D eigenvalue weighted by Gasteiger charge is -2.15. The van der Waals surface area contributed by atoms with E-state index < -0.39 is 12.1 Å². The maximum Gasteiger partial charge on any atom is 0.338 e. The van der Waals surface area contributed by atoms with Crippen molar-refractivity contribution >= 4 is 5.97 Å². The number of aliphatic hydroxyl groups is 1. The van der Waals surface area contributed by atoms with Crippen LogP contribution in [-0.4, -0.2) is 37.5 Å². The molecule has 1 unspecified atom stereocenters. The molecule has 2 rings (SSSR count). The van der Waals surface area contributed by atoms with Gasteiger partial charge in [-0.05, 0) is 29.8 Å². The summed E-state index contributed by atoms with van der Waals surface area (Å²) in [4.78, 5) is 11.9. The molecule has 5 heteroatoms. The van der Waals surface area contributed by atoms with Crippen molar-refractivity contribution in [2.24, 2.45) is 0 Å². The number of methoxy groups -OCH3 is 1. The van der Waals surface area contributed by atoms with Gasteiger partial charge in [0.15, 0.2) is 0 Å². The highest BCUT2D eigenvalue weighted by atomic mass is 16.6. The zero-order valence-electron chi connectivity index (χ0n) is 13.7. The van der Waals surface area contributed by atoms with Crippen molar-refractivity contribution in [3.63, 3.8) is 0 Å². The minimum atomic E-state index is -0.575. The maximum atomic E-state index is 11.9. The molecule has 1 atom stereocenters. The average Bonchev–Trinajstić information content (AvgIpc) is 2.65. The monoisotopic (exact) mass is 330 g/mol. The Morgan fingerprint density at radius 2 is 1.79 bits per heavy atom. The quantitative estimate of drug-likeness (QED) is 0.566. The molecule has 0 bridgehead atoms. The predicted molar refractivity (Wildman–Crippen MR) is 90.0 cm³/mol. The largest absolute Gasteiger partial charge is 0.497 e. The molecule has 0 aromatic heterocycles. The van der Waals surface area contributed by atoms with Gasteiger partial charge in [0.05, 0.1) is 32.5 Å². The Labute approximate surface area is 141 Å². The van der Waals surface area contributed by atoms with Gasteiger partial charge in [-0.3, -0.25) is 0 Å². The summed E-state index contributed by atoms with van der Waals surface area (Å²) in [6.45, 7) is 0.610. The molecule has 24 heavy (non-hydrogen) atoms. The van der Waals surface area contributed by atoms with Crippen molar-refractivity contribution in [3.8, 4) is 5.75 Å². The Kier molecular flexibility index (Phi) is 7.26. The predicted octanol–water partition coefficient (Wildman–Crippen LogP) is 2.82. The average molecular weight is 330 g/mol. The highest BCUT2D eigenvalue weighted by molar-refractivity contribution is 5.89. The maximum absolute atomic E-state index is 11.9. The topological polar surface area (TPSA) is 65.0 Å². The Bertz CT molecular complexity index is 609. The first-order chi connectivity index (χ1) is 11.7. The number of carbonyl (C=O) groups excluding carboxylic acids is 1. The molecule has 0 spiro atoms. The Balaban J connectivity index is 1.72. The third-order valence-corrected chi connectivity index (χ3v) is 3.50. The summed E-state index contributed by atoms with van der Waals surface area (Å²) in [7, 11) is 1.62. The first-order valence-corrected chi connectivity index (χ1v) is 7.80. The fourth-order valence-corrected chi connectivity index (χ4v) is 2.11. The first-order valence-electron chi connectivity index (χ1n) is 7.80. The molecule has 0 aliphatic carbocycles. The van der Waals surface area contributed by atoms with Crippen LogP contribution in [0.2, 0.25) is 0 Å². The number of carbonyl (C=O) groups is 1. The Morgan fingerprint density at radius 1 is 1.08 bits per heavy atom. The summed E-state index contributed by atoms with van der Waals surface area (Å²) in [5, 5.41) is 9.35. The van der Waals surface area contributed by atoms with Gasteiger partial charge < -0.3 is 19.3 Å². The van der Waals surface area contributed by atoms with E-state index in [1.54, 1.807) is 31.4 Å². The van der Waals surface area contributed by atoms with E-state index in [0.29, 0.717) is 25.2 Å². The van der Waals surface area contributed by atoms with Crippen molar-refractivity contribution in [1.29, 1.82) is 0 Å². The zero-order valence-corrected chi connectivity index (χ0v) is 13.7. The van der Waals surface area contributed by atoms with Crippen LogP contribution in [0.5, 0.6) is 5.75 Å². The molecule has 0 saturated heterocycles. The second kappa shape index (κ2) is 9.70. The number of esters is 1. The molecule has 2 aromatic rings. The molecule has 2 aromatic carbocycles. The first kappa shape index (κ1) is 18.0. The van der Waals surface area contributed by atoms with Crippen LogP contribution in [0, 0.1) is 0 Å². The molecule has 5 nitrogen and oxygen atoms in total. The number of hydrogen-bond donors (Lipinski definition) is 1. The molecule has 0 heterocycles. The van der Waals surface area contributed by atoms with Crippen LogP contribution in [0.15, 0.2) is 54.6 Å². The number of rotatable bonds is 9. The fraction of sp³-hybridized carbons (Fsp3) is 0.316. The summed E-state index contributed by atoms with van der Waals surface area (Å²) in [5.74, 6) is 0.358. The summed E-state index contributed by atoms with van der Waals surface area (Å²) in [6, 6.07) is 16.3. The number of hydrogen-bond acceptors (Lipinski definition) is 5. The molecule has 0 radical (unpaired) electrons. The second-order valence-corrected chi connectivity index (χ2v) is 5.27. The van der Waals surface area contributed by atoms with E-state index in [1.165, 1.54) is 0 Å². The number of ether oxygens (including phenoxy) is 3. The standard InChI is InChI=1S/C19H22O5/c1-22-17-9-7-15(8-10-17)14-23-12-11-18(13-20)24-19(21)16-5-3-2-4-6-16/h2-10,18,20H,11-14H2,1H3. The second-order valence-electron chi connectivity index (χ2n) is 5.27. The molecule has 1 N–H and O–H groups in total. The van der Waals surface area contributed by atoms with Crippen LogP contribution in [0.25, 0.3) is 0 Å². The van der Waals surface area contributed by atoms with Crippen LogP contribution in [0.3, 0.4) is 0 Å². The van der Waals surface area contributed by atoms with Crippen molar-refractivity contribution in [1.82, 2.24) is 0 Å². The van der Waals surface area contributed by atoms with Crippen molar-refractivity contribution in [3.05, 3.63) is 65.7 Å². The highest BCUT2D eigenvalue weighted by Crippen LogP contribution is 2.12. The van der Waals surface area contributed by atoms with Gasteiger partial charge in [-0.25, -0.2) is 4.79 Å². The Morgan fingerprint density at radius 3 is 2.42 bits per heavy atom.